The fraction of sp³-hybridized carbons (Fsp3) is 0.273. The first-order valence-electron chi connectivity index (χ1n) is 8.73. The molecule has 0 aliphatic heterocycles. The van der Waals surface area contributed by atoms with Crippen LogP contribution in [0.4, 0.5) is 4.39 Å². The molecule has 2 atom stereocenters. The Hall–Kier alpha value is -2.75. The highest BCUT2D eigenvalue weighted by Crippen LogP contribution is 2.40. The highest BCUT2D eigenvalue weighted by atomic mass is 19.1. The number of ether oxygens (including phenoxy) is 1. The number of benzene rings is 2. The van der Waals surface area contributed by atoms with Crippen molar-refractivity contribution in [1.82, 2.24) is 0 Å². The third kappa shape index (κ3) is 3.74. The number of hydrogen-bond acceptors (Lipinski definition) is 3. The van der Waals surface area contributed by atoms with Crippen molar-refractivity contribution in [1.29, 1.82) is 0 Å². The van der Waals surface area contributed by atoms with Crippen LogP contribution in [0.5, 0.6) is 0 Å². The van der Waals surface area contributed by atoms with Gasteiger partial charge in [-0.1, -0.05) is 42.0 Å². The van der Waals surface area contributed by atoms with Gasteiger partial charge in [0.2, 0.25) is 0 Å². The van der Waals surface area contributed by atoms with Crippen molar-refractivity contribution in [3.8, 4) is 0 Å². The maximum Gasteiger partial charge on any atom is 0.317 e. The van der Waals surface area contributed by atoms with Gasteiger partial charge in [-0.05, 0) is 55.2 Å². The third-order valence-electron chi connectivity index (χ3n) is 4.73. The molecule has 0 spiro atoms. The van der Waals surface area contributed by atoms with Gasteiger partial charge >= 0.3 is 5.97 Å². The van der Waals surface area contributed by atoms with Crippen LogP contribution in [-0.2, 0) is 14.3 Å². The average molecular weight is 352 g/mol. The lowest BCUT2D eigenvalue weighted by atomic mass is 9.73. The van der Waals surface area contributed by atoms with Crippen LogP contribution in [-0.4, -0.2) is 18.4 Å². The Bertz CT molecular complexity index is 835. The van der Waals surface area contributed by atoms with E-state index in [4.69, 9.17) is 4.74 Å². The van der Waals surface area contributed by atoms with Crippen molar-refractivity contribution in [3.63, 3.8) is 0 Å². The number of rotatable bonds is 4. The number of ketones is 1. The first-order chi connectivity index (χ1) is 12.5. The SMILES string of the molecule is CCOC(=O)C1C(=O)C=C(c2ccc(F)cc2)CC1c1ccc(C)cc1. The van der Waals surface area contributed by atoms with Crippen LogP contribution < -0.4 is 0 Å². The van der Waals surface area contributed by atoms with E-state index in [1.165, 1.54) is 18.2 Å². The summed E-state index contributed by atoms with van der Waals surface area (Å²) in [7, 11) is 0. The summed E-state index contributed by atoms with van der Waals surface area (Å²) < 4.78 is 18.4. The standard InChI is InChI=1S/C22H21FO3/c1-3-26-22(25)21-19(16-6-4-14(2)5-7-16)12-17(13-20(21)24)15-8-10-18(23)11-9-15/h4-11,13,19,21H,3,12H2,1-2H3. The summed E-state index contributed by atoms with van der Waals surface area (Å²) in [5, 5.41) is 0. The van der Waals surface area contributed by atoms with Gasteiger partial charge in [0, 0.05) is 5.92 Å². The van der Waals surface area contributed by atoms with Crippen molar-refractivity contribution in [2.75, 3.05) is 6.61 Å². The molecule has 0 radical (unpaired) electrons. The minimum Gasteiger partial charge on any atom is -0.465 e. The predicted molar refractivity (Wildman–Crippen MR) is 98.0 cm³/mol. The van der Waals surface area contributed by atoms with Crippen LogP contribution in [0.25, 0.3) is 5.57 Å². The zero-order valence-electron chi connectivity index (χ0n) is 14.9. The van der Waals surface area contributed by atoms with E-state index in [1.807, 2.05) is 31.2 Å². The molecule has 0 saturated carbocycles. The van der Waals surface area contributed by atoms with Crippen LogP contribution in [0.15, 0.2) is 54.6 Å². The Morgan fingerprint density at radius 3 is 2.38 bits per heavy atom. The van der Waals surface area contributed by atoms with Crippen LogP contribution in [0, 0.1) is 18.7 Å². The Labute approximate surface area is 152 Å². The van der Waals surface area contributed by atoms with Crippen molar-refractivity contribution < 1.29 is 18.7 Å². The largest absolute Gasteiger partial charge is 0.465 e. The Morgan fingerprint density at radius 1 is 1.12 bits per heavy atom. The van der Waals surface area contributed by atoms with E-state index in [9.17, 15) is 14.0 Å². The topological polar surface area (TPSA) is 43.4 Å². The van der Waals surface area contributed by atoms with Crippen LogP contribution in [0.1, 0.15) is 36.0 Å². The average Bonchev–Trinajstić information content (AvgIpc) is 2.62. The molecule has 0 fully saturated rings. The van der Waals surface area contributed by atoms with Gasteiger partial charge in [-0.15, -0.1) is 0 Å². The Kier molecular flexibility index (Phi) is 5.31. The zero-order valence-corrected chi connectivity index (χ0v) is 14.9. The molecule has 1 aliphatic carbocycles. The van der Waals surface area contributed by atoms with Crippen LogP contribution in [0.2, 0.25) is 0 Å². The molecule has 0 N–H and O–H groups in total. The summed E-state index contributed by atoms with van der Waals surface area (Å²) in [6.07, 6.45) is 2.02. The highest BCUT2D eigenvalue weighted by Gasteiger charge is 2.39. The van der Waals surface area contributed by atoms with E-state index < -0.39 is 11.9 Å². The van der Waals surface area contributed by atoms with Crippen molar-refractivity contribution in [3.05, 3.63) is 77.1 Å². The van der Waals surface area contributed by atoms with Gasteiger partial charge in [-0.3, -0.25) is 9.59 Å². The van der Waals surface area contributed by atoms with E-state index in [2.05, 4.69) is 0 Å². The Balaban J connectivity index is 2.01. The fourth-order valence-corrected chi connectivity index (χ4v) is 3.38. The molecule has 3 rings (SSSR count). The summed E-state index contributed by atoms with van der Waals surface area (Å²) in [4.78, 5) is 25.2. The second-order valence-electron chi connectivity index (χ2n) is 6.53. The molecule has 0 bridgehead atoms. The number of carbonyl (C=O) groups is 2. The molecule has 4 heteroatoms. The lowest BCUT2D eigenvalue weighted by molar-refractivity contribution is -0.151. The molecule has 2 aromatic rings. The molecular formula is C22H21FO3. The van der Waals surface area contributed by atoms with Gasteiger partial charge in [-0.2, -0.15) is 0 Å². The molecular weight excluding hydrogens is 331 g/mol. The van der Waals surface area contributed by atoms with Crippen LogP contribution in [0.3, 0.4) is 0 Å². The fourth-order valence-electron chi connectivity index (χ4n) is 3.38. The highest BCUT2D eigenvalue weighted by molar-refractivity contribution is 6.10. The van der Waals surface area contributed by atoms with Gasteiger partial charge < -0.3 is 4.74 Å². The first-order valence-corrected chi connectivity index (χ1v) is 8.73. The van der Waals surface area contributed by atoms with Crippen molar-refractivity contribution in [2.45, 2.75) is 26.2 Å². The minimum absolute atomic E-state index is 0.234. The molecule has 0 saturated heterocycles. The van der Waals surface area contributed by atoms with Gasteiger partial charge in [0.25, 0.3) is 0 Å². The molecule has 1 aliphatic rings. The maximum atomic E-state index is 13.2. The molecule has 2 aromatic carbocycles. The number of hydrogen-bond donors (Lipinski definition) is 0. The summed E-state index contributed by atoms with van der Waals surface area (Å²) in [6, 6.07) is 13.9. The van der Waals surface area contributed by atoms with Gasteiger partial charge in [-0.25, -0.2) is 4.39 Å². The molecule has 0 heterocycles. The third-order valence-corrected chi connectivity index (χ3v) is 4.73. The molecule has 134 valence electrons. The lowest BCUT2D eigenvalue weighted by Gasteiger charge is -2.29. The second-order valence-corrected chi connectivity index (χ2v) is 6.53. The molecule has 0 amide bonds. The molecule has 0 aromatic heterocycles. The smallest absolute Gasteiger partial charge is 0.317 e. The summed E-state index contributed by atoms with van der Waals surface area (Å²) in [5.41, 5.74) is 3.63. The Morgan fingerprint density at radius 2 is 1.77 bits per heavy atom. The number of carbonyl (C=O) groups excluding carboxylic acids is 2. The second kappa shape index (κ2) is 7.65. The number of halogens is 1. The number of esters is 1. The van der Waals surface area contributed by atoms with Crippen molar-refractivity contribution in [2.24, 2.45) is 5.92 Å². The van der Waals surface area contributed by atoms with Crippen LogP contribution >= 0.6 is 0 Å². The van der Waals surface area contributed by atoms with E-state index in [0.29, 0.717) is 6.42 Å². The minimum atomic E-state index is -0.846. The van der Waals surface area contributed by atoms with Gasteiger partial charge in [0.05, 0.1) is 6.61 Å². The monoisotopic (exact) mass is 352 g/mol. The van der Waals surface area contributed by atoms with E-state index >= 15 is 0 Å². The van der Waals surface area contributed by atoms with Gasteiger partial charge in [0.1, 0.15) is 11.7 Å². The molecule has 26 heavy (non-hydrogen) atoms. The molecule has 2 unspecified atom stereocenters. The normalized spacial score (nSPS) is 19.8. The first kappa shape index (κ1) is 18.1. The number of aryl methyl sites for hydroxylation is 1. The summed E-state index contributed by atoms with van der Waals surface area (Å²) >= 11 is 0. The summed E-state index contributed by atoms with van der Waals surface area (Å²) in [6.45, 7) is 3.95. The number of allylic oxidation sites excluding steroid dienone is 2. The lowest BCUT2D eigenvalue weighted by Crippen LogP contribution is -2.34. The molecule has 3 nitrogen and oxygen atoms in total. The van der Waals surface area contributed by atoms with E-state index in [0.717, 1.165) is 22.3 Å². The quantitative estimate of drug-likeness (QED) is 0.603. The van der Waals surface area contributed by atoms with Gasteiger partial charge in [0.15, 0.2) is 5.78 Å². The van der Waals surface area contributed by atoms with E-state index in [-0.39, 0.29) is 24.1 Å². The summed E-state index contributed by atoms with van der Waals surface area (Å²) in [5.74, 6) is -2.22. The maximum absolute atomic E-state index is 13.2. The zero-order chi connectivity index (χ0) is 18.7. The predicted octanol–water partition coefficient (Wildman–Crippen LogP) is 4.45. The van der Waals surface area contributed by atoms with Crippen molar-refractivity contribution >= 4 is 17.3 Å². The van der Waals surface area contributed by atoms with E-state index in [1.54, 1.807) is 19.1 Å².